The van der Waals surface area contributed by atoms with Crippen molar-refractivity contribution in [1.82, 2.24) is 15.0 Å². The molecule has 2 aromatic rings. The Morgan fingerprint density at radius 1 is 1.17 bits per heavy atom. The molecule has 4 heteroatoms. The Hall–Kier alpha value is -1.97. The third-order valence-electron chi connectivity index (χ3n) is 3.51. The fourth-order valence-electron chi connectivity index (χ4n) is 2.16. The first-order chi connectivity index (χ1) is 8.78. The van der Waals surface area contributed by atoms with E-state index in [9.17, 15) is 0 Å². The van der Waals surface area contributed by atoms with Gasteiger partial charge in [-0.05, 0) is 43.0 Å². The molecular weight excluding hydrogens is 224 g/mol. The highest BCUT2D eigenvalue weighted by Gasteiger charge is 2.44. The highest BCUT2D eigenvalue weighted by atomic mass is 15.1. The van der Waals surface area contributed by atoms with Crippen LogP contribution < -0.4 is 5.32 Å². The van der Waals surface area contributed by atoms with Crippen LogP contribution in [0, 0.1) is 6.92 Å². The van der Waals surface area contributed by atoms with Gasteiger partial charge in [-0.1, -0.05) is 0 Å². The van der Waals surface area contributed by atoms with Crippen LogP contribution in [0.5, 0.6) is 0 Å². The molecule has 0 saturated heterocycles. The number of aromatic nitrogens is 3. The average molecular weight is 240 g/mol. The molecule has 0 aliphatic heterocycles. The zero-order valence-corrected chi connectivity index (χ0v) is 10.4. The van der Waals surface area contributed by atoms with Crippen molar-refractivity contribution in [2.24, 2.45) is 0 Å². The molecule has 18 heavy (non-hydrogen) atoms. The van der Waals surface area contributed by atoms with E-state index in [0.29, 0.717) is 5.95 Å². The predicted octanol–water partition coefficient (Wildman–Crippen LogP) is 2.32. The van der Waals surface area contributed by atoms with Gasteiger partial charge in [0.05, 0.1) is 0 Å². The number of nitrogens with one attached hydrogen (secondary N) is 1. The number of nitrogens with zero attached hydrogens (tertiary/aromatic N) is 3. The lowest BCUT2D eigenvalue weighted by Crippen LogP contribution is -2.20. The third-order valence-corrected chi connectivity index (χ3v) is 3.51. The summed E-state index contributed by atoms with van der Waals surface area (Å²) in [6.45, 7) is 2.88. The SMILES string of the molecule is Cc1cnc(NCC2(c3ccncc3)CC2)nc1. The standard InChI is InChI=1S/C14H16N4/c1-11-8-16-13(17-9-11)18-10-14(4-5-14)12-2-6-15-7-3-12/h2-3,6-9H,4-5,10H2,1H3,(H,16,17,18). The van der Waals surface area contributed by atoms with E-state index in [1.807, 2.05) is 31.7 Å². The van der Waals surface area contributed by atoms with Gasteiger partial charge < -0.3 is 5.32 Å². The first kappa shape index (κ1) is 11.1. The maximum Gasteiger partial charge on any atom is 0.222 e. The molecule has 3 rings (SSSR count). The summed E-state index contributed by atoms with van der Waals surface area (Å²) in [5.41, 5.74) is 2.70. The first-order valence-electron chi connectivity index (χ1n) is 6.22. The van der Waals surface area contributed by atoms with Gasteiger partial charge in [-0.3, -0.25) is 4.98 Å². The summed E-state index contributed by atoms with van der Waals surface area (Å²) in [5.74, 6) is 0.709. The minimum atomic E-state index is 0.261. The molecule has 2 aromatic heterocycles. The third kappa shape index (κ3) is 2.18. The number of anilines is 1. The van der Waals surface area contributed by atoms with E-state index in [1.165, 1.54) is 18.4 Å². The molecule has 4 nitrogen and oxygen atoms in total. The summed E-state index contributed by atoms with van der Waals surface area (Å²) in [7, 11) is 0. The zero-order valence-electron chi connectivity index (χ0n) is 10.4. The Kier molecular flexibility index (Phi) is 2.70. The van der Waals surface area contributed by atoms with E-state index < -0.39 is 0 Å². The number of rotatable bonds is 4. The zero-order chi connectivity index (χ0) is 12.4. The monoisotopic (exact) mass is 240 g/mol. The van der Waals surface area contributed by atoms with Crippen molar-refractivity contribution in [1.29, 1.82) is 0 Å². The molecule has 0 radical (unpaired) electrons. The van der Waals surface area contributed by atoms with Crippen LogP contribution in [0.1, 0.15) is 24.0 Å². The van der Waals surface area contributed by atoms with Crippen molar-refractivity contribution in [3.05, 3.63) is 48.0 Å². The van der Waals surface area contributed by atoms with Crippen LogP contribution in [0.3, 0.4) is 0 Å². The first-order valence-corrected chi connectivity index (χ1v) is 6.22. The molecule has 1 aliphatic carbocycles. The molecule has 1 N–H and O–H groups in total. The van der Waals surface area contributed by atoms with E-state index in [4.69, 9.17) is 0 Å². The van der Waals surface area contributed by atoms with E-state index in [2.05, 4.69) is 32.4 Å². The molecular formula is C14H16N4. The Balaban J connectivity index is 1.68. The second-order valence-electron chi connectivity index (χ2n) is 4.95. The van der Waals surface area contributed by atoms with Crippen LogP contribution in [0.2, 0.25) is 0 Å². The van der Waals surface area contributed by atoms with Crippen LogP contribution >= 0.6 is 0 Å². The van der Waals surface area contributed by atoms with E-state index in [-0.39, 0.29) is 5.41 Å². The van der Waals surface area contributed by atoms with Crippen LogP contribution in [-0.4, -0.2) is 21.5 Å². The second kappa shape index (κ2) is 4.37. The highest BCUT2D eigenvalue weighted by molar-refractivity contribution is 5.35. The van der Waals surface area contributed by atoms with Gasteiger partial charge in [0.15, 0.2) is 0 Å². The molecule has 0 atom stereocenters. The lowest BCUT2D eigenvalue weighted by atomic mass is 9.97. The van der Waals surface area contributed by atoms with Gasteiger partial charge in [0.2, 0.25) is 5.95 Å². The van der Waals surface area contributed by atoms with E-state index in [0.717, 1.165) is 12.1 Å². The van der Waals surface area contributed by atoms with Crippen LogP contribution in [0.25, 0.3) is 0 Å². The molecule has 0 bridgehead atoms. The molecule has 1 fully saturated rings. The Morgan fingerprint density at radius 3 is 2.44 bits per heavy atom. The van der Waals surface area contributed by atoms with Crippen LogP contribution in [-0.2, 0) is 5.41 Å². The minimum absolute atomic E-state index is 0.261. The number of aryl methyl sites for hydroxylation is 1. The fraction of sp³-hybridized carbons (Fsp3) is 0.357. The summed E-state index contributed by atoms with van der Waals surface area (Å²) in [5, 5.41) is 3.33. The van der Waals surface area contributed by atoms with Gasteiger partial charge in [-0.25, -0.2) is 9.97 Å². The maximum atomic E-state index is 4.27. The lowest BCUT2D eigenvalue weighted by Gasteiger charge is -2.16. The summed E-state index contributed by atoms with van der Waals surface area (Å²) in [6, 6.07) is 4.20. The minimum Gasteiger partial charge on any atom is -0.353 e. The van der Waals surface area contributed by atoms with Gasteiger partial charge in [0.25, 0.3) is 0 Å². The van der Waals surface area contributed by atoms with Crippen molar-refractivity contribution < 1.29 is 0 Å². The second-order valence-corrected chi connectivity index (χ2v) is 4.95. The summed E-state index contributed by atoms with van der Waals surface area (Å²) < 4.78 is 0. The van der Waals surface area contributed by atoms with Gasteiger partial charge in [0, 0.05) is 36.7 Å². The van der Waals surface area contributed by atoms with Crippen molar-refractivity contribution in [3.63, 3.8) is 0 Å². The molecule has 0 aromatic carbocycles. The maximum absolute atomic E-state index is 4.27. The molecule has 1 aliphatic rings. The number of pyridine rings is 1. The van der Waals surface area contributed by atoms with Gasteiger partial charge in [0.1, 0.15) is 0 Å². The van der Waals surface area contributed by atoms with Crippen molar-refractivity contribution >= 4 is 5.95 Å². The largest absolute Gasteiger partial charge is 0.353 e. The Bertz CT molecular complexity index is 517. The molecule has 2 heterocycles. The average Bonchev–Trinajstić information content (AvgIpc) is 3.20. The van der Waals surface area contributed by atoms with Gasteiger partial charge in [-0.2, -0.15) is 0 Å². The van der Waals surface area contributed by atoms with E-state index >= 15 is 0 Å². The summed E-state index contributed by atoms with van der Waals surface area (Å²) in [6.07, 6.45) is 9.82. The van der Waals surface area contributed by atoms with Crippen LogP contribution in [0.15, 0.2) is 36.9 Å². The topological polar surface area (TPSA) is 50.7 Å². The van der Waals surface area contributed by atoms with E-state index in [1.54, 1.807) is 0 Å². The van der Waals surface area contributed by atoms with Crippen LogP contribution in [0.4, 0.5) is 5.95 Å². The Labute approximate surface area is 107 Å². The quantitative estimate of drug-likeness (QED) is 0.891. The summed E-state index contributed by atoms with van der Waals surface area (Å²) in [4.78, 5) is 12.6. The van der Waals surface area contributed by atoms with Gasteiger partial charge in [-0.15, -0.1) is 0 Å². The lowest BCUT2D eigenvalue weighted by molar-refractivity contribution is 0.725. The molecule has 0 spiro atoms. The number of hydrogen-bond acceptors (Lipinski definition) is 4. The molecule has 1 saturated carbocycles. The highest BCUT2D eigenvalue weighted by Crippen LogP contribution is 2.47. The normalized spacial score (nSPS) is 16.3. The van der Waals surface area contributed by atoms with Crippen molar-refractivity contribution in [2.75, 3.05) is 11.9 Å². The summed E-state index contributed by atoms with van der Waals surface area (Å²) >= 11 is 0. The Morgan fingerprint density at radius 2 is 1.83 bits per heavy atom. The fourth-order valence-corrected chi connectivity index (χ4v) is 2.16. The van der Waals surface area contributed by atoms with Gasteiger partial charge >= 0.3 is 0 Å². The predicted molar refractivity (Wildman–Crippen MR) is 70.4 cm³/mol. The van der Waals surface area contributed by atoms with Crippen molar-refractivity contribution in [3.8, 4) is 0 Å². The molecule has 92 valence electrons. The molecule has 0 unspecified atom stereocenters. The smallest absolute Gasteiger partial charge is 0.222 e. The molecule has 0 amide bonds. The number of hydrogen-bond donors (Lipinski definition) is 1. The van der Waals surface area contributed by atoms with Crippen molar-refractivity contribution in [2.45, 2.75) is 25.2 Å².